The number of methoxy groups -OCH3 is 1. The maximum atomic E-state index is 10.0. The van der Waals surface area contributed by atoms with Crippen LogP contribution in [-0.4, -0.2) is 58.3 Å². The average molecular weight is 319 g/mol. The summed E-state index contributed by atoms with van der Waals surface area (Å²) in [6.45, 7) is 0.764. The molecular formula is C16H25N5O2. The van der Waals surface area contributed by atoms with E-state index in [0.29, 0.717) is 19.1 Å². The maximum Gasteiger partial charge on any atom is 0.163 e. The van der Waals surface area contributed by atoms with Crippen molar-refractivity contribution in [2.75, 3.05) is 32.2 Å². The summed E-state index contributed by atoms with van der Waals surface area (Å²) in [5.41, 5.74) is 0.852. The van der Waals surface area contributed by atoms with Gasteiger partial charge in [0.25, 0.3) is 0 Å². The molecule has 0 bridgehead atoms. The van der Waals surface area contributed by atoms with Crippen molar-refractivity contribution < 1.29 is 9.84 Å². The normalized spacial score (nSPS) is 17.0. The van der Waals surface area contributed by atoms with Crippen LogP contribution in [0, 0.1) is 0 Å². The Morgan fingerprint density at radius 1 is 1.39 bits per heavy atom. The van der Waals surface area contributed by atoms with Crippen molar-refractivity contribution in [3.63, 3.8) is 0 Å². The van der Waals surface area contributed by atoms with Crippen LogP contribution in [0.3, 0.4) is 0 Å². The van der Waals surface area contributed by atoms with Crippen LogP contribution in [0.2, 0.25) is 0 Å². The highest BCUT2D eigenvalue weighted by Crippen LogP contribution is 2.34. The molecule has 2 aromatic heterocycles. The molecule has 0 aromatic carbocycles. The summed E-state index contributed by atoms with van der Waals surface area (Å²) < 4.78 is 6.80. The summed E-state index contributed by atoms with van der Waals surface area (Å²) in [6, 6.07) is 0. The number of aromatic nitrogens is 4. The molecule has 126 valence electrons. The average Bonchev–Trinajstić information content (AvgIpc) is 3.17. The molecular weight excluding hydrogens is 294 g/mol. The minimum atomic E-state index is -0.554. The summed E-state index contributed by atoms with van der Waals surface area (Å²) in [6.07, 6.45) is 6.03. The molecule has 0 radical (unpaired) electrons. The zero-order valence-electron chi connectivity index (χ0n) is 14.1. The number of aliphatic hydroxyl groups is 1. The Labute approximate surface area is 136 Å². The molecule has 2 aromatic rings. The van der Waals surface area contributed by atoms with Crippen LogP contribution < -0.4 is 4.90 Å². The van der Waals surface area contributed by atoms with Gasteiger partial charge in [-0.2, -0.15) is 5.10 Å². The molecule has 23 heavy (non-hydrogen) atoms. The molecule has 0 unspecified atom stereocenters. The van der Waals surface area contributed by atoms with Gasteiger partial charge in [-0.15, -0.1) is 0 Å². The second-order valence-corrected chi connectivity index (χ2v) is 6.38. The van der Waals surface area contributed by atoms with Gasteiger partial charge in [-0.25, -0.2) is 9.97 Å². The molecule has 1 N–H and O–H groups in total. The summed E-state index contributed by atoms with van der Waals surface area (Å²) in [4.78, 5) is 11.5. The monoisotopic (exact) mass is 319 g/mol. The van der Waals surface area contributed by atoms with E-state index in [1.165, 1.54) is 12.8 Å². The summed E-state index contributed by atoms with van der Waals surface area (Å²) >= 11 is 0. The maximum absolute atomic E-state index is 10.0. The highest BCUT2D eigenvalue weighted by molar-refractivity contribution is 5.86. The Balaban J connectivity index is 1.96. The number of ether oxygens (including phenoxy) is 1. The smallest absolute Gasteiger partial charge is 0.163 e. The summed E-state index contributed by atoms with van der Waals surface area (Å²) in [7, 11) is 5.43. The third-order valence-electron chi connectivity index (χ3n) is 4.51. The van der Waals surface area contributed by atoms with E-state index in [9.17, 15) is 5.11 Å². The molecule has 0 spiro atoms. The van der Waals surface area contributed by atoms with Crippen molar-refractivity contribution in [1.29, 1.82) is 0 Å². The SMILES string of the molecule is COC[C@H](O)CN(C)c1nc(C2CCCC2)nc2c1cnn2C. The second kappa shape index (κ2) is 6.80. The van der Waals surface area contributed by atoms with E-state index in [2.05, 4.69) is 5.10 Å². The van der Waals surface area contributed by atoms with Gasteiger partial charge in [-0.1, -0.05) is 12.8 Å². The first-order valence-electron chi connectivity index (χ1n) is 8.18. The largest absolute Gasteiger partial charge is 0.389 e. The van der Waals surface area contributed by atoms with Crippen LogP contribution in [0.4, 0.5) is 5.82 Å². The molecule has 2 heterocycles. The van der Waals surface area contributed by atoms with Gasteiger partial charge in [0.2, 0.25) is 0 Å². The van der Waals surface area contributed by atoms with Gasteiger partial charge in [0, 0.05) is 33.7 Å². The topological polar surface area (TPSA) is 76.3 Å². The van der Waals surface area contributed by atoms with Crippen molar-refractivity contribution >= 4 is 16.9 Å². The fourth-order valence-corrected chi connectivity index (χ4v) is 3.33. The van der Waals surface area contributed by atoms with Crippen molar-refractivity contribution in [2.24, 2.45) is 7.05 Å². The number of hydrogen-bond donors (Lipinski definition) is 1. The van der Waals surface area contributed by atoms with Gasteiger partial charge in [0.15, 0.2) is 5.65 Å². The van der Waals surface area contributed by atoms with Crippen LogP contribution in [0.15, 0.2) is 6.20 Å². The second-order valence-electron chi connectivity index (χ2n) is 6.38. The van der Waals surface area contributed by atoms with E-state index in [0.717, 1.165) is 35.5 Å². The Morgan fingerprint density at radius 2 is 2.13 bits per heavy atom. The van der Waals surface area contributed by atoms with Crippen LogP contribution >= 0.6 is 0 Å². The highest BCUT2D eigenvalue weighted by atomic mass is 16.5. The fraction of sp³-hybridized carbons (Fsp3) is 0.688. The first-order valence-corrected chi connectivity index (χ1v) is 8.18. The van der Waals surface area contributed by atoms with Gasteiger partial charge < -0.3 is 14.7 Å². The third kappa shape index (κ3) is 3.30. The molecule has 3 rings (SSSR count). The van der Waals surface area contributed by atoms with Crippen LogP contribution in [-0.2, 0) is 11.8 Å². The molecule has 0 amide bonds. The number of aryl methyl sites for hydroxylation is 1. The van der Waals surface area contributed by atoms with Gasteiger partial charge in [0.1, 0.15) is 11.6 Å². The Kier molecular flexibility index (Phi) is 4.77. The van der Waals surface area contributed by atoms with Crippen LogP contribution in [0.25, 0.3) is 11.0 Å². The van der Waals surface area contributed by atoms with Crippen molar-refractivity contribution in [3.8, 4) is 0 Å². The number of rotatable bonds is 6. The van der Waals surface area contributed by atoms with Crippen LogP contribution in [0.1, 0.15) is 37.4 Å². The first kappa shape index (κ1) is 16.1. The van der Waals surface area contributed by atoms with E-state index >= 15 is 0 Å². The van der Waals surface area contributed by atoms with E-state index in [1.807, 2.05) is 19.0 Å². The number of aliphatic hydroxyl groups excluding tert-OH is 1. The Bertz CT molecular complexity index is 666. The first-order chi connectivity index (χ1) is 11.1. The molecule has 0 saturated heterocycles. The lowest BCUT2D eigenvalue weighted by Gasteiger charge is -2.23. The fourth-order valence-electron chi connectivity index (χ4n) is 3.33. The number of hydrogen-bond acceptors (Lipinski definition) is 6. The quantitative estimate of drug-likeness (QED) is 0.869. The zero-order valence-corrected chi connectivity index (χ0v) is 14.1. The standard InChI is InChI=1S/C16H25N5O2/c1-20(9-12(22)10-23-3)15-13-8-17-21(2)16(13)19-14(18-15)11-6-4-5-7-11/h8,11-12,22H,4-7,9-10H2,1-3H3/t12-/m1/s1. The molecule has 7 heteroatoms. The molecule has 1 saturated carbocycles. The lowest BCUT2D eigenvalue weighted by atomic mass is 10.1. The van der Waals surface area contributed by atoms with E-state index in [4.69, 9.17) is 14.7 Å². The van der Waals surface area contributed by atoms with E-state index in [-0.39, 0.29) is 0 Å². The van der Waals surface area contributed by atoms with Crippen molar-refractivity contribution in [3.05, 3.63) is 12.0 Å². The summed E-state index contributed by atoms with van der Waals surface area (Å²) in [5, 5.41) is 15.2. The van der Waals surface area contributed by atoms with Gasteiger partial charge in [-0.3, -0.25) is 4.68 Å². The van der Waals surface area contributed by atoms with E-state index < -0.39 is 6.10 Å². The minimum absolute atomic E-state index is 0.307. The Morgan fingerprint density at radius 3 is 2.83 bits per heavy atom. The molecule has 0 aliphatic heterocycles. The van der Waals surface area contributed by atoms with Crippen LogP contribution in [0.5, 0.6) is 0 Å². The van der Waals surface area contributed by atoms with Gasteiger partial charge >= 0.3 is 0 Å². The molecule has 1 aliphatic rings. The third-order valence-corrected chi connectivity index (χ3v) is 4.51. The van der Waals surface area contributed by atoms with Crippen molar-refractivity contribution in [2.45, 2.75) is 37.7 Å². The predicted octanol–water partition coefficient (Wildman–Crippen LogP) is 1.46. The number of fused-ring (bicyclic) bond motifs is 1. The highest BCUT2D eigenvalue weighted by Gasteiger charge is 2.24. The number of anilines is 1. The van der Waals surface area contributed by atoms with Gasteiger partial charge in [-0.05, 0) is 12.8 Å². The molecule has 1 atom stereocenters. The number of nitrogens with zero attached hydrogens (tertiary/aromatic N) is 5. The predicted molar refractivity (Wildman–Crippen MR) is 88.7 cm³/mol. The zero-order chi connectivity index (χ0) is 16.4. The molecule has 1 aliphatic carbocycles. The minimum Gasteiger partial charge on any atom is -0.389 e. The van der Waals surface area contributed by atoms with Gasteiger partial charge in [0.05, 0.1) is 24.3 Å². The summed E-state index contributed by atoms with van der Waals surface area (Å²) in [5.74, 6) is 2.17. The lowest BCUT2D eigenvalue weighted by Crippen LogP contribution is -2.32. The molecule has 7 nitrogen and oxygen atoms in total. The van der Waals surface area contributed by atoms with E-state index in [1.54, 1.807) is 18.0 Å². The lowest BCUT2D eigenvalue weighted by molar-refractivity contribution is 0.0694. The molecule has 1 fully saturated rings. The Hall–Kier alpha value is -1.73. The van der Waals surface area contributed by atoms with Crippen molar-refractivity contribution in [1.82, 2.24) is 19.7 Å². The number of likely N-dealkylation sites (N-methyl/N-ethyl adjacent to an activating group) is 1.